The van der Waals surface area contributed by atoms with Crippen LogP contribution in [0.1, 0.15) is 18.5 Å². The lowest BCUT2D eigenvalue weighted by Gasteiger charge is -2.36. The Bertz CT molecular complexity index is 430. The highest BCUT2D eigenvalue weighted by molar-refractivity contribution is 5.23. The number of benzene rings is 1. The summed E-state index contributed by atoms with van der Waals surface area (Å²) in [6.45, 7) is 4.99. The normalized spacial score (nSPS) is 22.4. The quantitative estimate of drug-likeness (QED) is 0.638. The number of likely N-dealkylation sites (N-methyl/N-ethyl adjacent to an activating group) is 1. The van der Waals surface area contributed by atoms with Gasteiger partial charge in [-0.3, -0.25) is 16.2 Å². The Balaban J connectivity index is 2.21. The minimum atomic E-state index is -0.874. The van der Waals surface area contributed by atoms with Crippen LogP contribution in [0.2, 0.25) is 0 Å². The van der Waals surface area contributed by atoms with Gasteiger partial charge in [0.1, 0.15) is 0 Å². The molecular formula is C13H19F2N3O. The molecule has 4 nitrogen and oxygen atoms in total. The van der Waals surface area contributed by atoms with Crippen LogP contribution in [0.5, 0.6) is 0 Å². The summed E-state index contributed by atoms with van der Waals surface area (Å²) in [6.07, 6.45) is -0.296. The van der Waals surface area contributed by atoms with Gasteiger partial charge >= 0.3 is 0 Å². The van der Waals surface area contributed by atoms with Crippen LogP contribution in [0, 0.1) is 11.6 Å². The fourth-order valence-corrected chi connectivity index (χ4v) is 2.38. The first-order valence-electron chi connectivity index (χ1n) is 6.41. The molecule has 0 spiro atoms. The molecule has 6 heteroatoms. The molecule has 0 aliphatic carbocycles. The molecule has 2 atom stereocenters. The number of nitrogens with zero attached hydrogens (tertiary/aromatic N) is 1. The Morgan fingerprint density at radius 1 is 1.53 bits per heavy atom. The van der Waals surface area contributed by atoms with Gasteiger partial charge in [0, 0.05) is 18.7 Å². The number of nitrogens with one attached hydrogen (secondary N) is 1. The Labute approximate surface area is 111 Å². The highest BCUT2D eigenvalue weighted by Gasteiger charge is 2.30. The van der Waals surface area contributed by atoms with Crippen LogP contribution in [0.3, 0.4) is 0 Å². The predicted molar refractivity (Wildman–Crippen MR) is 68.3 cm³/mol. The third kappa shape index (κ3) is 3.09. The second-order valence-electron chi connectivity index (χ2n) is 4.59. The Hall–Kier alpha value is -1.08. The van der Waals surface area contributed by atoms with Crippen molar-refractivity contribution in [3.8, 4) is 0 Å². The second-order valence-corrected chi connectivity index (χ2v) is 4.59. The molecule has 1 aliphatic heterocycles. The average Bonchev–Trinajstić information content (AvgIpc) is 2.44. The highest BCUT2D eigenvalue weighted by Crippen LogP contribution is 2.25. The van der Waals surface area contributed by atoms with Gasteiger partial charge in [-0.25, -0.2) is 8.78 Å². The largest absolute Gasteiger partial charge is 0.374 e. The zero-order chi connectivity index (χ0) is 13.8. The molecule has 3 N–H and O–H groups in total. The van der Waals surface area contributed by atoms with Gasteiger partial charge in [0.2, 0.25) is 0 Å². The van der Waals surface area contributed by atoms with E-state index in [1.807, 2.05) is 0 Å². The van der Waals surface area contributed by atoms with E-state index in [4.69, 9.17) is 10.6 Å². The summed E-state index contributed by atoms with van der Waals surface area (Å²) in [5.74, 6) is 3.76. The van der Waals surface area contributed by atoms with E-state index >= 15 is 0 Å². The second kappa shape index (κ2) is 6.38. The molecule has 1 aromatic carbocycles. The lowest BCUT2D eigenvalue weighted by atomic mass is 9.99. The molecule has 2 rings (SSSR count). The van der Waals surface area contributed by atoms with Crippen LogP contribution in [-0.2, 0) is 4.74 Å². The van der Waals surface area contributed by atoms with Gasteiger partial charge in [0.25, 0.3) is 0 Å². The number of hydrogen-bond donors (Lipinski definition) is 2. The standard InChI is InChI=1S/C13H19F2N3O/c1-2-18-6-7-19-11(8-18)13(17-16)9-4-3-5-10(14)12(9)15/h3-5,11,13,17H,2,6-8,16H2,1H3. The summed E-state index contributed by atoms with van der Waals surface area (Å²) in [6, 6.07) is 3.52. The summed E-state index contributed by atoms with van der Waals surface area (Å²) in [5, 5.41) is 0. The van der Waals surface area contributed by atoms with Crippen molar-refractivity contribution in [3.63, 3.8) is 0 Å². The molecule has 0 aromatic heterocycles. The molecule has 1 heterocycles. The van der Waals surface area contributed by atoms with Crippen molar-refractivity contribution in [2.75, 3.05) is 26.2 Å². The molecule has 1 aliphatic rings. The molecule has 1 aromatic rings. The molecule has 0 saturated carbocycles. The maximum atomic E-state index is 13.8. The first-order chi connectivity index (χ1) is 9.17. The first-order valence-corrected chi connectivity index (χ1v) is 6.41. The van der Waals surface area contributed by atoms with Gasteiger partial charge in [-0.15, -0.1) is 0 Å². The molecule has 2 unspecified atom stereocenters. The van der Waals surface area contributed by atoms with Crippen molar-refractivity contribution in [2.24, 2.45) is 5.84 Å². The molecular weight excluding hydrogens is 252 g/mol. The van der Waals surface area contributed by atoms with Crippen molar-refractivity contribution < 1.29 is 13.5 Å². The van der Waals surface area contributed by atoms with Crippen LogP contribution in [0.25, 0.3) is 0 Å². The van der Waals surface area contributed by atoms with Crippen molar-refractivity contribution in [1.82, 2.24) is 10.3 Å². The van der Waals surface area contributed by atoms with Gasteiger partial charge in [-0.2, -0.15) is 0 Å². The summed E-state index contributed by atoms with van der Waals surface area (Å²) in [4.78, 5) is 2.19. The number of ether oxygens (including phenoxy) is 1. The third-order valence-electron chi connectivity index (χ3n) is 3.49. The van der Waals surface area contributed by atoms with Gasteiger partial charge in [-0.05, 0) is 12.6 Å². The van der Waals surface area contributed by atoms with Gasteiger partial charge < -0.3 is 4.74 Å². The molecule has 19 heavy (non-hydrogen) atoms. The van der Waals surface area contributed by atoms with E-state index < -0.39 is 17.7 Å². The SMILES string of the molecule is CCN1CCOC(C(NN)c2cccc(F)c2F)C1. The average molecular weight is 271 g/mol. The summed E-state index contributed by atoms with van der Waals surface area (Å²) in [5.41, 5.74) is 2.74. The van der Waals surface area contributed by atoms with Gasteiger partial charge in [0.05, 0.1) is 18.8 Å². The molecule has 1 fully saturated rings. The van der Waals surface area contributed by atoms with Crippen molar-refractivity contribution in [2.45, 2.75) is 19.1 Å². The number of rotatable bonds is 4. The number of hydrogen-bond acceptors (Lipinski definition) is 4. The fourth-order valence-electron chi connectivity index (χ4n) is 2.38. The first kappa shape index (κ1) is 14.3. The highest BCUT2D eigenvalue weighted by atomic mass is 19.2. The van der Waals surface area contributed by atoms with E-state index in [1.165, 1.54) is 12.1 Å². The van der Waals surface area contributed by atoms with Gasteiger partial charge in [0.15, 0.2) is 11.6 Å². The van der Waals surface area contributed by atoms with Crippen LogP contribution in [-0.4, -0.2) is 37.2 Å². The minimum absolute atomic E-state index is 0.199. The lowest BCUT2D eigenvalue weighted by Crippen LogP contribution is -2.49. The maximum Gasteiger partial charge on any atom is 0.163 e. The fraction of sp³-hybridized carbons (Fsp3) is 0.538. The molecule has 0 amide bonds. The van der Waals surface area contributed by atoms with E-state index in [0.717, 1.165) is 19.2 Å². The Morgan fingerprint density at radius 2 is 2.32 bits per heavy atom. The number of halogens is 2. The Kier molecular flexibility index (Phi) is 4.81. The zero-order valence-electron chi connectivity index (χ0n) is 10.9. The minimum Gasteiger partial charge on any atom is -0.374 e. The van der Waals surface area contributed by atoms with E-state index in [2.05, 4.69) is 17.2 Å². The van der Waals surface area contributed by atoms with E-state index in [9.17, 15) is 8.78 Å². The molecule has 1 saturated heterocycles. The van der Waals surface area contributed by atoms with Crippen LogP contribution < -0.4 is 11.3 Å². The summed E-state index contributed by atoms with van der Waals surface area (Å²) >= 11 is 0. The lowest BCUT2D eigenvalue weighted by molar-refractivity contribution is -0.0462. The summed E-state index contributed by atoms with van der Waals surface area (Å²) in [7, 11) is 0. The van der Waals surface area contributed by atoms with Crippen molar-refractivity contribution in [3.05, 3.63) is 35.4 Å². The van der Waals surface area contributed by atoms with Crippen LogP contribution in [0.4, 0.5) is 8.78 Å². The van der Waals surface area contributed by atoms with E-state index in [1.54, 1.807) is 0 Å². The van der Waals surface area contributed by atoms with Gasteiger partial charge in [-0.1, -0.05) is 19.1 Å². The van der Waals surface area contributed by atoms with Crippen LogP contribution >= 0.6 is 0 Å². The number of morpholine rings is 1. The zero-order valence-corrected chi connectivity index (χ0v) is 10.9. The maximum absolute atomic E-state index is 13.8. The molecule has 106 valence electrons. The van der Waals surface area contributed by atoms with E-state index in [0.29, 0.717) is 13.2 Å². The van der Waals surface area contributed by atoms with Crippen molar-refractivity contribution in [1.29, 1.82) is 0 Å². The number of hydrazine groups is 1. The molecule has 0 bridgehead atoms. The smallest absolute Gasteiger partial charge is 0.163 e. The topological polar surface area (TPSA) is 50.5 Å². The monoisotopic (exact) mass is 271 g/mol. The Morgan fingerprint density at radius 3 is 3.00 bits per heavy atom. The summed E-state index contributed by atoms with van der Waals surface area (Å²) < 4.78 is 32.8. The van der Waals surface area contributed by atoms with E-state index in [-0.39, 0.29) is 11.7 Å². The number of nitrogens with two attached hydrogens (primary N) is 1. The third-order valence-corrected chi connectivity index (χ3v) is 3.49. The molecule has 0 radical (unpaired) electrons. The predicted octanol–water partition coefficient (Wildman–Crippen LogP) is 1.19. The van der Waals surface area contributed by atoms with Crippen LogP contribution in [0.15, 0.2) is 18.2 Å². The van der Waals surface area contributed by atoms with Crippen molar-refractivity contribution >= 4 is 0 Å².